The van der Waals surface area contributed by atoms with E-state index in [-0.39, 0.29) is 22.8 Å². The number of rotatable bonds is 3. The first-order valence-electron chi connectivity index (χ1n) is 5.90. The first-order valence-corrected chi connectivity index (χ1v) is 6.28. The second-order valence-electron chi connectivity index (χ2n) is 4.57. The number of hydrogen-bond acceptors (Lipinski definition) is 3. The number of anilines is 1. The second kappa shape index (κ2) is 4.66. The Kier molecular flexibility index (Phi) is 2.98. The van der Waals surface area contributed by atoms with Crippen LogP contribution in [0.2, 0.25) is 5.02 Å². The summed E-state index contributed by atoms with van der Waals surface area (Å²) in [4.78, 5) is 11.3. The van der Waals surface area contributed by atoms with Crippen LogP contribution in [0.25, 0.3) is 0 Å². The number of benzene rings is 1. The molecule has 19 heavy (non-hydrogen) atoms. The highest BCUT2D eigenvalue weighted by atomic mass is 35.5. The van der Waals surface area contributed by atoms with E-state index in [9.17, 15) is 9.18 Å². The Labute approximate surface area is 113 Å². The van der Waals surface area contributed by atoms with Crippen molar-refractivity contribution in [1.82, 2.24) is 10.2 Å². The zero-order valence-electron chi connectivity index (χ0n) is 9.86. The number of nitrogens with one attached hydrogen (secondary N) is 2. The third-order valence-corrected chi connectivity index (χ3v) is 3.58. The molecule has 98 valence electrons. The Morgan fingerprint density at radius 1 is 1.47 bits per heavy atom. The van der Waals surface area contributed by atoms with Crippen molar-refractivity contribution in [3.05, 3.63) is 57.2 Å². The average molecular weight is 280 g/mol. The van der Waals surface area contributed by atoms with Gasteiger partial charge in [0.25, 0.3) is 5.56 Å². The van der Waals surface area contributed by atoms with Crippen molar-refractivity contribution in [2.24, 2.45) is 0 Å². The summed E-state index contributed by atoms with van der Waals surface area (Å²) in [6, 6.07) is 6.70. The highest BCUT2D eigenvalue weighted by molar-refractivity contribution is 6.32. The van der Waals surface area contributed by atoms with Crippen LogP contribution >= 0.6 is 11.6 Å². The Hall–Kier alpha value is -1.88. The minimum absolute atomic E-state index is 0.0971. The molecule has 0 spiro atoms. The van der Waals surface area contributed by atoms with E-state index in [4.69, 9.17) is 11.6 Å². The van der Waals surface area contributed by atoms with Crippen LogP contribution in [0.4, 0.5) is 10.1 Å². The van der Waals surface area contributed by atoms with E-state index in [0.717, 1.165) is 12.0 Å². The van der Waals surface area contributed by atoms with Crippen molar-refractivity contribution in [3.63, 3.8) is 0 Å². The van der Waals surface area contributed by atoms with E-state index in [1.165, 1.54) is 18.3 Å². The fourth-order valence-corrected chi connectivity index (χ4v) is 2.29. The lowest BCUT2D eigenvalue weighted by molar-refractivity contribution is 0.625. The van der Waals surface area contributed by atoms with Crippen LogP contribution in [0.3, 0.4) is 0 Å². The third kappa shape index (κ3) is 2.46. The van der Waals surface area contributed by atoms with Crippen molar-refractivity contribution in [2.75, 3.05) is 5.32 Å². The molecule has 2 atom stereocenters. The maximum Gasteiger partial charge on any atom is 0.285 e. The van der Waals surface area contributed by atoms with Gasteiger partial charge in [0, 0.05) is 12.0 Å². The van der Waals surface area contributed by atoms with E-state index in [0.29, 0.717) is 5.69 Å². The molecule has 0 amide bonds. The molecule has 0 saturated heterocycles. The maximum atomic E-state index is 13.1. The molecule has 2 N–H and O–H groups in total. The number of aromatic amines is 1. The van der Waals surface area contributed by atoms with Crippen molar-refractivity contribution in [2.45, 2.75) is 18.4 Å². The Bertz CT molecular complexity index is 673. The van der Waals surface area contributed by atoms with Gasteiger partial charge in [0.1, 0.15) is 10.8 Å². The molecular formula is C13H11ClFN3O. The lowest BCUT2D eigenvalue weighted by atomic mass is 10.1. The quantitative estimate of drug-likeness (QED) is 0.908. The number of hydrogen-bond donors (Lipinski definition) is 2. The SMILES string of the molecule is O=c1[nH]ncc(N[C@@H]2C[C@H]2c2cccc(F)c2)c1Cl. The molecule has 1 aromatic carbocycles. The summed E-state index contributed by atoms with van der Waals surface area (Å²) in [7, 11) is 0. The molecule has 6 heteroatoms. The highest BCUT2D eigenvalue weighted by Crippen LogP contribution is 2.43. The molecule has 2 aromatic rings. The highest BCUT2D eigenvalue weighted by Gasteiger charge is 2.38. The van der Waals surface area contributed by atoms with E-state index < -0.39 is 5.56 Å². The third-order valence-electron chi connectivity index (χ3n) is 3.20. The molecule has 4 nitrogen and oxygen atoms in total. The summed E-state index contributed by atoms with van der Waals surface area (Å²) >= 11 is 5.88. The molecule has 1 fully saturated rings. The lowest BCUT2D eigenvalue weighted by Gasteiger charge is -2.06. The van der Waals surface area contributed by atoms with Gasteiger partial charge in [-0.2, -0.15) is 5.10 Å². The summed E-state index contributed by atoms with van der Waals surface area (Å²) in [5.41, 5.74) is 1.04. The van der Waals surface area contributed by atoms with Crippen LogP contribution < -0.4 is 10.9 Å². The molecule has 1 aliphatic carbocycles. The Morgan fingerprint density at radius 2 is 2.32 bits per heavy atom. The zero-order chi connectivity index (χ0) is 13.4. The lowest BCUT2D eigenvalue weighted by Crippen LogP contribution is -2.13. The van der Waals surface area contributed by atoms with E-state index in [2.05, 4.69) is 15.5 Å². The first kappa shape index (κ1) is 12.2. The molecule has 1 saturated carbocycles. The van der Waals surface area contributed by atoms with Crippen LogP contribution in [0, 0.1) is 5.82 Å². The summed E-state index contributed by atoms with van der Waals surface area (Å²) in [6.45, 7) is 0. The summed E-state index contributed by atoms with van der Waals surface area (Å²) in [5, 5.41) is 9.20. The number of nitrogens with zero attached hydrogens (tertiary/aromatic N) is 1. The van der Waals surface area contributed by atoms with Crippen molar-refractivity contribution >= 4 is 17.3 Å². The standard InChI is InChI=1S/C13H11ClFN3O/c14-12-11(6-16-18-13(12)19)17-10-5-9(10)7-2-1-3-8(15)4-7/h1-4,6,9-10H,5H2,(H2,17,18,19)/t9-,10+/m0/s1. The minimum atomic E-state index is -0.422. The van der Waals surface area contributed by atoms with Crippen LogP contribution in [0.5, 0.6) is 0 Å². The predicted octanol–water partition coefficient (Wildman–Crippen LogP) is 2.53. The van der Waals surface area contributed by atoms with Crippen molar-refractivity contribution in [1.29, 1.82) is 0 Å². The monoisotopic (exact) mass is 279 g/mol. The van der Waals surface area contributed by atoms with Gasteiger partial charge in [-0.25, -0.2) is 9.49 Å². The largest absolute Gasteiger partial charge is 0.379 e. The topological polar surface area (TPSA) is 57.8 Å². The fraction of sp³-hybridized carbons (Fsp3) is 0.231. The average Bonchev–Trinajstić information content (AvgIpc) is 3.14. The van der Waals surface area contributed by atoms with Gasteiger partial charge in [0.05, 0.1) is 11.9 Å². The molecule has 3 rings (SSSR count). The van der Waals surface area contributed by atoms with Gasteiger partial charge < -0.3 is 5.32 Å². The van der Waals surface area contributed by atoms with Gasteiger partial charge in [-0.15, -0.1) is 0 Å². The maximum absolute atomic E-state index is 13.1. The summed E-state index contributed by atoms with van der Waals surface area (Å²) in [6.07, 6.45) is 2.36. The molecule has 1 aromatic heterocycles. The minimum Gasteiger partial charge on any atom is -0.379 e. The molecule has 0 aliphatic heterocycles. The van der Waals surface area contributed by atoms with E-state index in [1.54, 1.807) is 6.07 Å². The molecule has 0 bridgehead atoms. The summed E-state index contributed by atoms with van der Waals surface area (Å²) < 4.78 is 13.1. The van der Waals surface area contributed by atoms with E-state index >= 15 is 0 Å². The second-order valence-corrected chi connectivity index (χ2v) is 4.95. The predicted molar refractivity (Wildman–Crippen MR) is 71.0 cm³/mol. The van der Waals surface area contributed by atoms with Crippen molar-refractivity contribution < 1.29 is 4.39 Å². The fourth-order valence-electron chi connectivity index (χ4n) is 2.14. The smallest absolute Gasteiger partial charge is 0.285 e. The Balaban J connectivity index is 1.74. The molecule has 1 aliphatic rings. The zero-order valence-corrected chi connectivity index (χ0v) is 10.6. The molecule has 0 radical (unpaired) electrons. The molecule has 0 unspecified atom stereocenters. The van der Waals surface area contributed by atoms with Crippen LogP contribution in [0.15, 0.2) is 35.3 Å². The normalized spacial score (nSPS) is 21.2. The number of halogens is 2. The molecule has 1 heterocycles. The number of H-pyrrole nitrogens is 1. The summed E-state index contributed by atoms with van der Waals surface area (Å²) in [5.74, 6) is 0.00468. The van der Waals surface area contributed by atoms with Gasteiger partial charge in [-0.3, -0.25) is 4.79 Å². The van der Waals surface area contributed by atoms with E-state index in [1.807, 2.05) is 6.07 Å². The number of aromatic nitrogens is 2. The van der Waals surface area contributed by atoms with Gasteiger partial charge >= 0.3 is 0 Å². The van der Waals surface area contributed by atoms with Gasteiger partial charge in [0.2, 0.25) is 0 Å². The van der Waals surface area contributed by atoms with Crippen LogP contribution in [-0.2, 0) is 0 Å². The Morgan fingerprint density at radius 3 is 3.11 bits per heavy atom. The van der Waals surface area contributed by atoms with Crippen LogP contribution in [0.1, 0.15) is 17.9 Å². The van der Waals surface area contributed by atoms with Crippen LogP contribution in [-0.4, -0.2) is 16.2 Å². The molecular weight excluding hydrogens is 269 g/mol. The van der Waals surface area contributed by atoms with Gasteiger partial charge in [-0.1, -0.05) is 23.7 Å². The van der Waals surface area contributed by atoms with Gasteiger partial charge in [-0.05, 0) is 24.1 Å². The first-order chi connectivity index (χ1) is 9.15. The van der Waals surface area contributed by atoms with Crippen molar-refractivity contribution in [3.8, 4) is 0 Å². The van der Waals surface area contributed by atoms with Gasteiger partial charge in [0.15, 0.2) is 0 Å².